The number of anilines is 1. The third-order valence-corrected chi connectivity index (χ3v) is 10.9. The number of aromatic amines is 1. The van der Waals surface area contributed by atoms with Gasteiger partial charge in [0.25, 0.3) is 11.8 Å². The molecule has 6 aromatic heterocycles. The van der Waals surface area contributed by atoms with Crippen LogP contribution in [0.5, 0.6) is 0 Å². The third kappa shape index (κ3) is 10.2. The highest BCUT2D eigenvalue weighted by atomic mass is 16.5. The van der Waals surface area contributed by atoms with Crippen LogP contribution in [0.1, 0.15) is 74.6 Å². The summed E-state index contributed by atoms with van der Waals surface area (Å²) in [6.45, 7) is 12.9. The maximum Gasteiger partial charge on any atom is 0.411 e. The van der Waals surface area contributed by atoms with E-state index in [2.05, 4.69) is 35.5 Å². The minimum Gasteiger partial charge on any atom is -0.450 e. The number of rotatable bonds is 9. The van der Waals surface area contributed by atoms with Gasteiger partial charge < -0.3 is 28.9 Å². The van der Waals surface area contributed by atoms with Crippen LogP contribution in [0.4, 0.5) is 10.5 Å². The van der Waals surface area contributed by atoms with E-state index in [0.717, 1.165) is 45.6 Å². The van der Waals surface area contributed by atoms with Gasteiger partial charge in [0, 0.05) is 79.6 Å². The summed E-state index contributed by atoms with van der Waals surface area (Å²) >= 11 is 0. The van der Waals surface area contributed by atoms with Crippen LogP contribution in [-0.4, -0.2) is 123 Å². The van der Waals surface area contributed by atoms with Gasteiger partial charge in [0.1, 0.15) is 17.6 Å². The van der Waals surface area contributed by atoms with Crippen LogP contribution in [0, 0.1) is 0 Å². The summed E-state index contributed by atoms with van der Waals surface area (Å²) in [4.78, 5) is 58.5. The summed E-state index contributed by atoms with van der Waals surface area (Å²) in [5.74, 6) is 0.648. The van der Waals surface area contributed by atoms with Crippen LogP contribution in [0.3, 0.4) is 0 Å². The number of nitrogens with zero attached hydrogens (tertiary/aromatic N) is 9. The quantitative estimate of drug-likeness (QED) is 0.134. The van der Waals surface area contributed by atoms with Gasteiger partial charge in [0.15, 0.2) is 5.82 Å². The lowest BCUT2D eigenvalue weighted by Gasteiger charge is -2.35. The number of aliphatic hydroxyl groups is 1. The SMILES string of the molecule is CC.CC1(O)CCN(C(=O)c2cnc3c(ccn3-c3ccc(-c4ncn[nH]4)cc3)c2)CC1.CCOC(=O)Nc1cncc(-n2ccc3cc(C(=O)N4CCC(OCC)C4)cnc32)c1. The van der Waals surface area contributed by atoms with Gasteiger partial charge in [-0.1, -0.05) is 13.8 Å². The van der Waals surface area contributed by atoms with Crippen molar-refractivity contribution in [3.63, 3.8) is 0 Å². The highest BCUT2D eigenvalue weighted by molar-refractivity contribution is 5.98. The number of aromatic nitrogens is 8. The molecular formula is C46H53N11O6. The molecule has 3 amide bonds. The van der Waals surface area contributed by atoms with Gasteiger partial charge >= 0.3 is 6.09 Å². The molecule has 17 nitrogen and oxygen atoms in total. The molecule has 17 heteroatoms. The van der Waals surface area contributed by atoms with E-state index in [0.29, 0.717) is 68.1 Å². The Morgan fingerprint density at radius 2 is 1.43 bits per heavy atom. The minimum absolute atomic E-state index is 0.0355. The highest BCUT2D eigenvalue weighted by Crippen LogP contribution is 2.26. The summed E-state index contributed by atoms with van der Waals surface area (Å²) in [7, 11) is 0. The molecule has 2 saturated heterocycles. The van der Waals surface area contributed by atoms with Crippen molar-refractivity contribution < 1.29 is 29.0 Å². The smallest absolute Gasteiger partial charge is 0.411 e. The highest BCUT2D eigenvalue weighted by Gasteiger charge is 2.31. The lowest BCUT2D eigenvalue weighted by molar-refractivity contribution is -0.00205. The molecular weight excluding hydrogens is 803 g/mol. The number of likely N-dealkylation sites (tertiary alicyclic amines) is 2. The molecule has 328 valence electrons. The molecule has 9 rings (SSSR count). The first kappa shape index (κ1) is 44.1. The predicted octanol–water partition coefficient (Wildman–Crippen LogP) is 7.06. The Morgan fingerprint density at radius 1 is 0.794 bits per heavy atom. The zero-order chi connectivity index (χ0) is 44.5. The largest absolute Gasteiger partial charge is 0.450 e. The van der Waals surface area contributed by atoms with Crippen molar-refractivity contribution in [1.29, 1.82) is 0 Å². The number of nitrogens with one attached hydrogen (secondary N) is 2. The van der Waals surface area contributed by atoms with Gasteiger partial charge in [-0.3, -0.25) is 29.6 Å². The zero-order valence-electron chi connectivity index (χ0n) is 36.2. The van der Waals surface area contributed by atoms with Crippen molar-refractivity contribution in [3.8, 4) is 22.8 Å². The number of H-pyrrole nitrogens is 1. The van der Waals surface area contributed by atoms with E-state index in [1.807, 2.05) is 103 Å². The summed E-state index contributed by atoms with van der Waals surface area (Å²) < 4.78 is 14.4. The molecule has 0 saturated carbocycles. The van der Waals surface area contributed by atoms with E-state index < -0.39 is 11.7 Å². The normalized spacial score (nSPS) is 15.6. The number of piperidine rings is 1. The molecule has 2 fully saturated rings. The molecule has 7 aromatic rings. The number of hydrogen-bond acceptors (Lipinski definition) is 11. The Balaban J connectivity index is 0.000000182. The second-order valence-electron chi connectivity index (χ2n) is 15.2. The molecule has 1 aromatic carbocycles. The second-order valence-corrected chi connectivity index (χ2v) is 15.2. The van der Waals surface area contributed by atoms with Crippen molar-refractivity contribution >= 4 is 45.7 Å². The van der Waals surface area contributed by atoms with Crippen molar-refractivity contribution in [3.05, 3.63) is 109 Å². The molecule has 3 N–H and O–H groups in total. The number of carbonyl (C=O) groups is 3. The van der Waals surface area contributed by atoms with Crippen LogP contribution < -0.4 is 5.32 Å². The van der Waals surface area contributed by atoms with Gasteiger partial charge in [0.05, 0.1) is 53.2 Å². The molecule has 0 radical (unpaired) electrons. The van der Waals surface area contributed by atoms with E-state index in [4.69, 9.17) is 9.47 Å². The fraction of sp³-hybridized carbons (Fsp3) is 0.348. The lowest BCUT2D eigenvalue weighted by Crippen LogP contribution is -2.45. The number of benzene rings is 1. The molecule has 1 unspecified atom stereocenters. The van der Waals surface area contributed by atoms with Crippen LogP contribution in [0.25, 0.3) is 44.8 Å². The summed E-state index contributed by atoms with van der Waals surface area (Å²) in [6, 6.07) is 17.3. The summed E-state index contributed by atoms with van der Waals surface area (Å²) in [6.07, 6.45) is 13.4. The van der Waals surface area contributed by atoms with Crippen LogP contribution in [0.15, 0.2) is 98.1 Å². The maximum atomic E-state index is 12.9. The summed E-state index contributed by atoms with van der Waals surface area (Å²) in [5.41, 5.74) is 5.10. The first-order valence-electron chi connectivity index (χ1n) is 21.3. The van der Waals surface area contributed by atoms with Gasteiger partial charge in [-0.2, -0.15) is 5.10 Å². The Bertz CT molecular complexity index is 2650. The van der Waals surface area contributed by atoms with E-state index in [-0.39, 0.29) is 24.5 Å². The van der Waals surface area contributed by atoms with Crippen molar-refractivity contribution in [2.75, 3.05) is 44.7 Å². The number of amides is 3. The average Bonchev–Trinajstić information content (AvgIpc) is 4.15. The molecule has 0 aliphatic carbocycles. The monoisotopic (exact) mass is 855 g/mol. The molecule has 63 heavy (non-hydrogen) atoms. The average molecular weight is 856 g/mol. The third-order valence-electron chi connectivity index (χ3n) is 10.9. The van der Waals surface area contributed by atoms with Crippen molar-refractivity contribution in [1.82, 2.24) is 49.1 Å². The fourth-order valence-electron chi connectivity index (χ4n) is 7.58. The van der Waals surface area contributed by atoms with Crippen molar-refractivity contribution in [2.24, 2.45) is 0 Å². The van der Waals surface area contributed by atoms with E-state index in [9.17, 15) is 19.5 Å². The predicted molar refractivity (Wildman–Crippen MR) is 239 cm³/mol. The topological polar surface area (TPSA) is 199 Å². The number of hydrogen-bond donors (Lipinski definition) is 3. The first-order valence-corrected chi connectivity index (χ1v) is 21.3. The second kappa shape index (κ2) is 19.8. The van der Waals surface area contributed by atoms with Crippen LogP contribution >= 0.6 is 0 Å². The van der Waals surface area contributed by atoms with Crippen LogP contribution in [-0.2, 0) is 9.47 Å². The Hall–Kier alpha value is -6.98. The fourth-order valence-corrected chi connectivity index (χ4v) is 7.58. The Morgan fingerprint density at radius 3 is 2.03 bits per heavy atom. The first-order chi connectivity index (χ1) is 30.6. The van der Waals surface area contributed by atoms with E-state index >= 15 is 0 Å². The number of pyridine rings is 3. The molecule has 0 bridgehead atoms. The number of ether oxygens (including phenoxy) is 2. The summed E-state index contributed by atoms with van der Waals surface area (Å²) in [5, 5.41) is 21.2. The number of fused-ring (bicyclic) bond motifs is 2. The number of carbonyl (C=O) groups excluding carboxylic acids is 3. The molecule has 0 spiro atoms. The maximum absolute atomic E-state index is 12.9. The molecule has 1 atom stereocenters. The van der Waals surface area contributed by atoms with Gasteiger partial charge in [-0.15, -0.1) is 0 Å². The standard InChI is InChI=1S/C22H22N6O2.C22H25N5O4.C2H6/c1-22(30)7-10-27(11-8-22)21(29)17-12-16-6-9-28(20(16)23-13-17)18-4-2-15(3-5-18)19-24-14-25-26-19;1-3-30-19-6-7-26(14-19)21(28)16-9-15-5-8-27(20(15)24-11-16)18-10-17(12-23-13-18)25-22(29)31-4-2;1-2/h2-6,9,12-14,30H,7-8,10-11H2,1H3,(H,24,25,26);5,8-13,19H,3-4,6-7,14H2,1-2H3,(H,25,29);1-2H3. The zero-order valence-corrected chi connectivity index (χ0v) is 36.2. The Labute approximate surface area is 365 Å². The lowest BCUT2D eigenvalue weighted by atomic mass is 9.93. The van der Waals surface area contributed by atoms with Crippen LogP contribution in [0.2, 0.25) is 0 Å². The molecule has 2 aliphatic heterocycles. The Kier molecular flexibility index (Phi) is 13.9. The minimum atomic E-state index is -0.681. The van der Waals surface area contributed by atoms with Gasteiger partial charge in [0.2, 0.25) is 0 Å². The van der Waals surface area contributed by atoms with Gasteiger partial charge in [-0.25, -0.2) is 19.7 Å². The van der Waals surface area contributed by atoms with E-state index in [1.165, 1.54) is 6.33 Å². The van der Waals surface area contributed by atoms with Crippen molar-refractivity contribution in [2.45, 2.75) is 65.6 Å². The van der Waals surface area contributed by atoms with E-state index in [1.54, 1.807) is 42.7 Å². The molecule has 2 aliphatic rings. The van der Waals surface area contributed by atoms with Gasteiger partial charge in [-0.05, 0) is 94.6 Å². The molecule has 8 heterocycles.